The highest BCUT2D eigenvalue weighted by Gasteiger charge is 2.10. The average Bonchev–Trinajstić information content (AvgIpc) is 2.61. The maximum Gasteiger partial charge on any atom is 0.221 e. The quantitative estimate of drug-likeness (QED) is 0.523. The third-order valence-corrected chi connectivity index (χ3v) is 4.02. The Hall–Kier alpha value is -2.60. The van der Waals surface area contributed by atoms with Crippen molar-refractivity contribution in [3.05, 3.63) is 58.1 Å². The van der Waals surface area contributed by atoms with Gasteiger partial charge in [-0.2, -0.15) is 0 Å². The summed E-state index contributed by atoms with van der Waals surface area (Å²) in [7, 11) is 1.57. The third kappa shape index (κ3) is 5.20. The highest BCUT2D eigenvalue weighted by molar-refractivity contribution is 9.10. The molecule has 26 heavy (non-hydrogen) atoms. The van der Waals surface area contributed by atoms with Gasteiger partial charge in [0.2, 0.25) is 5.91 Å². The summed E-state index contributed by atoms with van der Waals surface area (Å²) in [6.07, 6.45) is 3.19. The number of ketones is 1. The van der Waals surface area contributed by atoms with E-state index in [-0.39, 0.29) is 11.7 Å². The lowest BCUT2D eigenvalue weighted by Crippen LogP contribution is -2.06. The van der Waals surface area contributed by atoms with Gasteiger partial charge in [-0.25, -0.2) is 0 Å². The summed E-state index contributed by atoms with van der Waals surface area (Å²) in [4.78, 5) is 23.5. The second-order valence-corrected chi connectivity index (χ2v) is 6.28. The van der Waals surface area contributed by atoms with Gasteiger partial charge in [-0.15, -0.1) is 0 Å². The number of hydrogen-bond acceptors (Lipinski definition) is 4. The first-order valence-electron chi connectivity index (χ1n) is 8.05. The Labute approximate surface area is 161 Å². The molecule has 5 nitrogen and oxygen atoms in total. The summed E-state index contributed by atoms with van der Waals surface area (Å²) >= 11 is 3.46. The van der Waals surface area contributed by atoms with Gasteiger partial charge in [-0.05, 0) is 58.8 Å². The van der Waals surface area contributed by atoms with Crippen LogP contribution in [0.15, 0.2) is 46.9 Å². The lowest BCUT2D eigenvalue weighted by atomic mass is 10.1. The maximum absolute atomic E-state index is 12.4. The third-order valence-electron chi connectivity index (χ3n) is 3.44. The van der Waals surface area contributed by atoms with Crippen LogP contribution in [0, 0.1) is 0 Å². The van der Waals surface area contributed by atoms with E-state index in [2.05, 4.69) is 21.2 Å². The van der Waals surface area contributed by atoms with Crippen molar-refractivity contribution < 1.29 is 19.1 Å². The normalized spacial score (nSPS) is 10.6. The second kappa shape index (κ2) is 9.20. The molecule has 0 unspecified atom stereocenters. The predicted molar refractivity (Wildman–Crippen MR) is 106 cm³/mol. The number of carbonyl (C=O) groups excluding carboxylic acids is 2. The number of methoxy groups -OCH3 is 1. The zero-order valence-electron chi connectivity index (χ0n) is 14.8. The molecule has 0 fully saturated rings. The van der Waals surface area contributed by atoms with Crippen LogP contribution in [0.2, 0.25) is 0 Å². The van der Waals surface area contributed by atoms with E-state index in [1.807, 2.05) is 13.0 Å². The molecule has 136 valence electrons. The summed E-state index contributed by atoms with van der Waals surface area (Å²) in [5.74, 6) is 0.861. The first-order valence-corrected chi connectivity index (χ1v) is 8.84. The average molecular weight is 418 g/mol. The molecule has 0 heterocycles. The first-order chi connectivity index (χ1) is 12.4. The molecule has 0 aliphatic rings. The molecule has 0 radical (unpaired) electrons. The SMILES string of the molecule is CCOc1c(Br)cc(/C=C/C(=O)c2cccc(NC(C)=O)c2)cc1OC. The molecular formula is C20H20BrNO4. The Morgan fingerprint density at radius 1 is 1.23 bits per heavy atom. The minimum atomic E-state index is -0.184. The van der Waals surface area contributed by atoms with Crippen LogP contribution >= 0.6 is 15.9 Å². The molecule has 0 saturated heterocycles. The van der Waals surface area contributed by atoms with Crippen molar-refractivity contribution in [3.63, 3.8) is 0 Å². The lowest BCUT2D eigenvalue weighted by molar-refractivity contribution is -0.114. The van der Waals surface area contributed by atoms with E-state index in [1.54, 1.807) is 43.5 Å². The largest absolute Gasteiger partial charge is 0.493 e. The lowest BCUT2D eigenvalue weighted by Gasteiger charge is -2.12. The van der Waals surface area contributed by atoms with Gasteiger partial charge >= 0.3 is 0 Å². The second-order valence-electron chi connectivity index (χ2n) is 5.43. The van der Waals surface area contributed by atoms with Gasteiger partial charge in [-0.1, -0.05) is 18.2 Å². The van der Waals surface area contributed by atoms with Crippen molar-refractivity contribution in [2.75, 3.05) is 19.0 Å². The number of halogens is 1. The van der Waals surface area contributed by atoms with Crippen LogP contribution in [0.3, 0.4) is 0 Å². The van der Waals surface area contributed by atoms with Crippen molar-refractivity contribution in [1.82, 2.24) is 0 Å². The molecule has 2 aromatic rings. The number of benzene rings is 2. The maximum atomic E-state index is 12.4. The molecule has 2 rings (SSSR count). The van der Waals surface area contributed by atoms with Crippen molar-refractivity contribution in [3.8, 4) is 11.5 Å². The fraction of sp³-hybridized carbons (Fsp3) is 0.200. The van der Waals surface area contributed by atoms with Crippen LogP contribution in [0.5, 0.6) is 11.5 Å². The summed E-state index contributed by atoms with van der Waals surface area (Å²) in [5, 5.41) is 2.66. The Balaban J connectivity index is 2.22. The number of hydrogen-bond donors (Lipinski definition) is 1. The summed E-state index contributed by atoms with van der Waals surface area (Å²) in [5.41, 5.74) is 1.87. The van der Waals surface area contributed by atoms with Gasteiger partial charge in [0.1, 0.15) is 0 Å². The Morgan fingerprint density at radius 2 is 2.00 bits per heavy atom. The minimum absolute atomic E-state index is 0.166. The van der Waals surface area contributed by atoms with Crippen molar-refractivity contribution in [2.45, 2.75) is 13.8 Å². The van der Waals surface area contributed by atoms with Crippen molar-refractivity contribution >= 4 is 39.4 Å². The van der Waals surface area contributed by atoms with Gasteiger partial charge in [0.15, 0.2) is 17.3 Å². The van der Waals surface area contributed by atoms with Crippen LogP contribution in [-0.4, -0.2) is 25.4 Å². The van der Waals surface area contributed by atoms with E-state index in [4.69, 9.17) is 9.47 Å². The molecule has 1 N–H and O–H groups in total. The van der Waals surface area contributed by atoms with Crippen LogP contribution in [0.1, 0.15) is 29.8 Å². The highest BCUT2D eigenvalue weighted by atomic mass is 79.9. The zero-order valence-corrected chi connectivity index (χ0v) is 16.4. The molecule has 0 aliphatic heterocycles. The number of nitrogens with one attached hydrogen (secondary N) is 1. The fourth-order valence-electron chi connectivity index (χ4n) is 2.34. The minimum Gasteiger partial charge on any atom is -0.493 e. The van der Waals surface area contributed by atoms with E-state index in [9.17, 15) is 9.59 Å². The highest BCUT2D eigenvalue weighted by Crippen LogP contribution is 2.37. The van der Waals surface area contributed by atoms with Crippen LogP contribution < -0.4 is 14.8 Å². The number of anilines is 1. The molecule has 0 aromatic heterocycles. The molecule has 6 heteroatoms. The molecule has 0 aliphatic carbocycles. The zero-order chi connectivity index (χ0) is 19.1. The number of allylic oxidation sites excluding steroid dienone is 1. The van der Waals surface area contributed by atoms with E-state index in [0.29, 0.717) is 29.4 Å². The standard InChI is InChI=1S/C20H20BrNO4/c1-4-26-20-17(21)10-14(11-19(20)25-3)8-9-18(24)15-6-5-7-16(12-15)22-13(2)23/h5-12H,4H2,1-3H3,(H,22,23)/b9-8+. The molecule has 0 bridgehead atoms. The Kier molecular flexibility index (Phi) is 6.97. The topological polar surface area (TPSA) is 64.6 Å². The smallest absolute Gasteiger partial charge is 0.221 e. The van der Waals surface area contributed by atoms with Crippen LogP contribution in [-0.2, 0) is 4.79 Å². The molecular weight excluding hydrogens is 398 g/mol. The van der Waals surface area contributed by atoms with Crippen LogP contribution in [0.4, 0.5) is 5.69 Å². The number of ether oxygens (including phenoxy) is 2. The van der Waals surface area contributed by atoms with Crippen molar-refractivity contribution in [1.29, 1.82) is 0 Å². The van der Waals surface area contributed by atoms with Gasteiger partial charge in [0, 0.05) is 18.2 Å². The predicted octanol–water partition coefficient (Wildman–Crippen LogP) is 4.71. The van der Waals surface area contributed by atoms with Gasteiger partial charge in [-0.3, -0.25) is 9.59 Å². The summed E-state index contributed by atoms with van der Waals surface area (Å²) in [6.45, 7) is 3.84. The Bertz CT molecular complexity index is 846. The molecule has 0 spiro atoms. The number of amides is 1. The van der Waals surface area contributed by atoms with E-state index >= 15 is 0 Å². The molecule has 1 amide bonds. The van der Waals surface area contributed by atoms with Gasteiger partial charge in [0.05, 0.1) is 18.2 Å². The van der Waals surface area contributed by atoms with E-state index < -0.39 is 0 Å². The molecule has 0 atom stereocenters. The van der Waals surface area contributed by atoms with Gasteiger partial charge in [0.25, 0.3) is 0 Å². The number of rotatable bonds is 7. The van der Waals surface area contributed by atoms with Crippen LogP contribution in [0.25, 0.3) is 6.08 Å². The van der Waals surface area contributed by atoms with Crippen molar-refractivity contribution in [2.24, 2.45) is 0 Å². The molecule has 0 saturated carbocycles. The van der Waals surface area contributed by atoms with Gasteiger partial charge < -0.3 is 14.8 Å². The first kappa shape index (κ1) is 19.7. The molecule has 2 aromatic carbocycles. The number of carbonyl (C=O) groups is 2. The summed E-state index contributed by atoms with van der Waals surface area (Å²) in [6, 6.07) is 10.5. The van der Waals surface area contributed by atoms with E-state index in [1.165, 1.54) is 13.0 Å². The Morgan fingerprint density at radius 3 is 2.65 bits per heavy atom. The van der Waals surface area contributed by atoms with E-state index in [0.717, 1.165) is 10.0 Å². The fourth-order valence-corrected chi connectivity index (χ4v) is 2.92. The summed E-state index contributed by atoms with van der Waals surface area (Å²) < 4.78 is 11.7. The monoisotopic (exact) mass is 417 g/mol.